The second-order valence-electron chi connectivity index (χ2n) is 5.43. The highest BCUT2D eigenvalue weighted by Gasteiger charge is 2.08. The van der Waals surface area contributed by atoms with E-state index in [1.807, 2.05) is 48.5 Å². The third kappa shape index (κ3) is 5.56. The molecule has 0 spiro atoms. The third-order valence-corrected chi connectivity index (χ3v) is 6.45. The van der Waals surface area contributed by atoms with Crippen LogP contribution in [0.15, 0.2) is 75.1 Å². The van der Waals surface area contributed by atoms with Crippen LogP contribution in [0.1, 0.15) is 5.56 Å². The summed E-state index contributed by atoms with van der Waals surface area (Å²) < 4.78 is 5.15. The van der Waals surface area contributed by atoms with E-state index in [2.05, 4.69) is 22.1 Å². The van der Waals surface area contributed by atoms with Gasteiger partial charge in [0.05, 0.1) is 18.6 Å². The Kier molecular flexibility index (Phi) is 7.05. The Labute approximate surface area is 166 Å². The first-order chi connectivity index (χ1) is 12.7. The molecule has 0 bridgehead atoms. The zero-order chi connectivity index (χ0) is 18.2. The second-order valence-corrected chi connectivity index (χ2v) is 8.27. The molecule has 0 fully saturated rings. The van der Waals surface area contributed by atoms with Crippen molar-refractivity contribution in [2.45, 2.75) is 15.5 Å². The Balaban J connectivity index is 1.54. The van der Waals surface area contributed by atoms with Gasteiger partial charge in [0, 0.05) is 15.5 Å². The first-order valence-corrected chi connectivity index (χ1v) is 11.0. The molecule has 3 aromatic rings. The van der Waals surface area contributed by atoms with Crippen molar-refractivity contribution in [1.82, 2.24) is 0 Å². The van der Waals surface area contributed by atoms with Crippen LogP contribution in [0.2, 0.25) is 0 Å². The fourth-order valence-electron chi connectivity index (χ4n) is 2.24. The Bertz CT molecular complexity index is 833. The first kappa shape index (κ1) is 18.9. The fraction of sp³-hybridized carbons (Fsp3) is 0.150. The molecule has 0 radical (unpaired) electrons. The minimum Gasteiger partial charge on any atom is -0.497 e. The van der Waals surface area contributed by atoms with Crippen LogP contribution < -0.4 is 10.1 Å². The summed E-state index contributed by atoms with van der Waals surface area (Å²) >= 11 is 4.95. The van der Waals surface area contributed by atoms with E-state index in [4.69, 9.17) is 4.74 Å². The highest BCUT2D eigenvalue weighted by Crippen LogP contribution is 2.30. The predicted molar refractivity (Wildman–Crippen MR) is 113 cm³/mol. The largest absolute Gasteiger partial charge is 0.497 e. The lowest BCUT2D eigenvalue weighted by molar-refractivity contribution is -0.113. The summed E-state index contributed by atoms with van der Waals surface area (Å²) in [6, 6.07) is 17.8. The van der Waals surface area contributed by atoms with E-state index in [9.17, 15) is 4.79 Å². The molecule has 26 heavy (non-hydrogen) atoms. The number of methoxy groups -OCH3 is 1. The summed E-state index contributed by atoms with van der Waals surface area (Å²) in [6.45, 7) is 0. The van der Waals surface area contributed by atoms with Gasteiger partial charge in [0.1, 0.15) is 5.75 Å². The summed E-state index contributed by atoms with van der Waals surface area (Å²) in [6.07, 6.45) is 0. The van der Waals surface area contributed by atoms with E-state index in [1.54, 1.807) is 30.2 Å². The second kappa shape index (κ2) is 9.71. The van der Waals surface area contributed by atoms with Gasteiger partial charge in [0.2, 0.25) is 5.91 Å². The van der Waals surface area contributed by atoms with Gasteiger partial charge in [0.15, 0.2) is 0 Å². The smallest absolute Gasteiger partial charge is 0.234 e. The van der Waals surface area contributed by atoms with E-state index in [0.717, 1.165) is 27.0 Å². The SMILES string of the molecule is COc1ccc(SCC(=O)Nc2ccccc2SCc2ccsc2)cc1. The van der Waals surface area contributed by atoms with Gasteiger partial charge >= 0.3 is 0 Å². The van der Waals surface area contributed by atoms with E-state index in [-0.39, 0.29) is 5.91 Å². The van der Waals surface area contributed by atoms with Gasteiger partial charge in [-0.3, -0.25) is 4.79 Å². The lowest BCUT2D eigenvalue weighted by atomic mass is 10.3. The number of thioether (sulfide) groups is 2. The first-order valence-electron chi connectivity index (χ1n) is 8.04. The van der Waals surface area contributed by atoms with Crippen molar-refractivity contribution >= 4 is 46.5 Å². The summed E-state index contributed by atoms with van der Waals surface area (Å²) in [7, 11) is 1.64. The van der Waals surface area contributed by atoms with E-state index in [1.165, 1.54) is 17.3 Å². The normalized spacial score (nSPS) is 10.5. The van der Waals surface area contributed by atoms with Crippen LogP contribution in [0.3, 0.4) is 0 Å². The number of thiophene rings is 1. The highest BCUT2D eigenvalue weighted by molar-refractivity contribution is 8.00. The lowest BCUT2D eigenvalue weighted by Gasteiger charge is -2.10. The van der Waals surface area contributed by atoms with E-state index < -0.39 is 0 Å². The predicted octanol–water partition coefficient (Wildman–Crippen LogP) is 5.78. The molecule has 134 valence electrons. The molecule has 3 nitrogen and oxygen atoms in total. The van der Waals surface area contributed by atoms with Crippen molar-refractivity contribution in [3.8, 4) is 5.75 Å². The average molecular weight is 402 g/mol. The Morgan fingerprint density at radius 3 is 2.62 bits per heavy atom. The zero-order valence-corrected chi connectivity index (χ0v) is 16.8. The molecule has 1 amide bonds. The average Bonchev–Trinajstić information content (AvgIpc) is 3.20. The molecular formula is C20H19NO2S3. The molecule has 6 heteroatoms. The summed E-state index contributed by atoms with van der Waals surface area (Å²) in [4.78, 5) is 14.5. The summed E-state index contributed by atoms with van der Waals surface area (Å²) in [5.74, 6) is 2.08. The Morgan fingerprint density at radius 2 is 1.88 bits per heavy atom. The maximum atomic E-state index is 12.3. The Hall–Kier alpha value is -1.89. The monoisotopic (exact) mass is 401 g/mol. The number of anilines is 1. The van der Waals surface area contributed by atoms with Gasteiger partial charge in [-0.05, 0) is 58.8 Å². The molecule has 0 aliphatic carbocycles. The molecule has 1 heterocycles. The van der Waals surface area contributed by atoms with Crippen LogP contribution >= 0.6 is 34.9 Å². The van der Waals surface area contributed by atoms with Crippen molar-refractivity contribution in [2.24, 2.45) is 0 Å². The number of carbonyl (C=O) groups excluding carboxylic acids is 1. The molecule has 0 aliphatic rings. The molecule has 0 unspecified atom stereocenters. The van der Waals surface area contributed by atoms with Gasteiger partial charge in [0.25, 0.3) is 0 Å². The van der Waals surface area contributed by atoms with Crippen molar-refractivity contribution in [3.05, 3.63) is 70.9 Å². The third-order valence-electron chi connectivity index (χ3n) is 3.56. The van der Waals surface area contributed by atoms with Gasteiger partial charge in [-0.25, -0.2) is 0 Å². The van der Waals surface area contributed by atoms with Crippen LogP contribution in [-0.4, -0.2) is 18.8 Å². The molecule has 0 saturated heterocycles. The van der Waals surface area contributed by atoms with Crippen LogP contribution in [0.4, 0.5) is 5.69 Å². The van der Waals surface area contributed by atoms with E-state index >= 15 is 0 Å². The Morgan fingerprint density at radius 1 is 1.08 bits per heavy atom. The standard InChI is InChI=1S/C20H19NO2S3/c1-23-16-6-8-17(9-7-16)25-14-20(22)21-18-4-2-3-5-19(18)26-13-15-10-11-24-12-15/h2-12H,13-14H2,1H3,(H,21,22). The number of hydrogen-bond acceptors (Lipinski definition) is 5. The number of amides is 1. The maximum absolute atomic E-state index is 12.3. The van der Waals surface area contributed by atoms with Crippen LogP contribution in [0.25, 0.3) is 0 Å². The number of benzene rings is 2. The number of ether oxygens (including phenoxy) is 1. The van der Waals surface area contributed by atoms with Crippen molar-refractivity contribution in [2.75, 3.05) is 18.2 Å². The minimum atomic E-state index is -0.00518. The molecule has 1 aromatic heterocycles. The minimum absolute atomic E-state index is 0.00518. The summed E-state index contributed by atoms with van der Waals surface area (Å²) in [5.41, 5.74) is 2.17. The van der Waals surface area contributed by atoms with Gasteiger partial charge in [-0.2, -0.15) is 11.3 Å². The number of carbonyl (C=O) groups is 1. The molecule has 0 atom stereocenters. The van der Waals surface area contributed by atoms with Crippen LogP contribution in [0, 0.1) is 0 Å². The maximum Gasteiger partial charge on any atom is 0.234 e. The van der Waals surface area contributed by atoms with Crippen LogP contribution in [-0.2, 0) is 10.5 Å². The molecule has 2 aromatic carbocycles. The number of para-hydroxylation sites is 1. The highest BCUT2D eigenvalue weighted by atomic mass is 32.2. The van der Waals surface area contributed by atoms with Gasteiger partial charge in [-0.1, -0.05) is 12.1 Å². The topological polar surface area (TPSA) is 38.3 Å². The molecule has 1 N–H and O–H groups in total. The quantitative estimate of drug-likeness (QED) is 0.486. The lowest BCUT2D eigenvalue weighted by Crippen LogP contribution is -2.14. The van der Waals surface area contributed by atoms with Crippen molar-refractivity contribution in [1.29, 1.82) is 0 Å². The number of rotatable bonds is 8. The zero-order valence-electron chi connectivity index (χ0n) is 14.3. The van der Waals surface area contributed by atoms with Gasteiger partial charge < -0.3 is 10.1 Å². The van der Waals surface area contributed by atoms with Crippen molar-refractivity contribution < 1.29 is 9.53 Å². The van der Waals surface area contributed by atoms with Gasteiger partial charge in [-0.15, -0.1) is 23.5 Å². The van der Waals surface area contributed by atoms with Crippen molar-refractivity contribution in [3.63, 3.8) is 0 Å². The fourth-order valence-corrected chi connectivity index (χ4v) is 4.66. The number of hydrogen-bond donors (Lipinski definition) is 1. The molecule has 0 aliphatic heterocycles. The molecule has 3 rings (SSSR count). The molecular weight excluding hydrogens is 382 g/mol. The van der Waals surface area contributed by atoms with Crippen LogP contribution in [0.5, 0.6) is 5.75 Å². The summed E-state index contributed by atoms with van der Waals surface area (Å²) in [5, 5.41) is 7.27. The van der Waals surface area contributed by atoms with E-state index in [0.29, 0.717) is 5.75 Å². The number of nitrogens with one attached hydrogen (secondary N) is 1. The molecule has 0 saturated carbocycles.